The summed E-state index contributed by atoms with van der Waals surface area (Å²) < 4.78 is 0. The van der Waals surface area contributed by atoms with Gasteiger partial charge in [0.1, 0.15) is 0 Å². The summed E-state index contributed by atoms with van der Waals surface area (Å²) in [5.74, 6) is 0. The van der Waals surface area contributed by atoms with E-state index in [2.05, 4.69) is 13.8 Å². The average molecular weight is 155 g/mol. The van der Waals surface area contributed by atoms with E-state index in [1.54, 1.807) is 0 Å². The van der Waals surface area contributed by atoms with Gasteiger partial charge in [-0.1, -0.05) is 13.3 Å². The molecule has 0 bridgehead atoms. The molecule has 2 unspecified atom stereocenters. The minimum absolute atomic E-state index is 0.476. The predicted octanol–water partition coefficient (Wildman–Crippen LogP) is 1.80. The van der Waals surface area contributed by atoms with Crippen molar-refractivity contribution in [2.45, 2.75) is 51.6 Å². The molecular formula is C9H17NO. The van der Waals surface area contributed by atoms with Crippen LogP contribution in [-0.4, -0.2) is 23.4 Å². The Kier molecular flexibility index (Phi) is 2.92. The fourth-order valence-electron chi connectivity index (χ4n) is 1.91. The van der Waals surface area contributed by atoms with Crippen molar-refractivity contribution in [1.29, 1.82) is 0 Å². The van der Waals surface area contributed by atoms with Crippen molar-refractivity contribution in [2.75, 3.05) is 0 Å². The topological polar surface area (TPSA) is 20.3 Å². The number of hydrogen-bond donors (Lipinski definition) is 0. The molecular weight excluding hydrogens is 138 g/mol. The summed E-state index contributed by atoms with van der Waals surface area (Å²) in [6.45, 7) is 4.30. The van der Waals surface area contributed by atoms with E-state index in [0.29, 0.717) is 12.1 Å². The molecule has 1 fully saturated rings. The minimum Gasteiger partial charge on any atom is -0.340 e. The lowest BCUT2D eigenvalue weighted by Crippen LogP contribution is -2.32. The molecule has 0 N–H and O–H groups in total. The molecule has 1 aliphatic rings. The van der Waals surface area contributed by atoms with E-state index in [-0.39, 0.29) is 0 Å². The molecule has 0 radical (unpaired) electrons. The molecule has 2 heteroatoms. The summed E-state index contributed by atoms with van der Waals surface area (Å²) >= 11 is 0. The Bertz CT molecular complexity index is 134. The Hall–Kier alpha value is -0.530. The summed E-state index contributed by atoms with van der Waals surface area (Å²) in [7, 11) is 0. The maximum Gasteiger partial charge on any atom is 0.210 e. The Morgan fingerprint density at radius 3 is 2.82 bits per heavy atom. The van der Waals surface area contributed by atoms with Gasteiger partial charge in [0.15, 0.2) is 0 Å². The highest BCUT2D eigenvalue weighted by Gasteiger charge is 2.27. The number of rotatable bonds is 3. The van der Waals surface area contributed by atoms with E-state index < -0.39 is 0 Å². The fourth-order valence-corrected chi connectivity index (χ4v) is 1.91. The molecule has 0 saturated carbocycles. The zero-order chi connectivity index (χ0) is 8.27. The van der Waals surface area contributed by atoms with E-state index in [9.17, 15) is 4.79 Å². The van der Waals surface area contributed by atoms with Crippen LogP contribution in [0.25, 0.3) is 0 Å². The number of likely N-dealkylation sites (tertiary alicyclic amines) is 1. The normalized spacial score (nSPS) is 30.9. The van der Waals surface area contributed by atoms with Crippen molar-refractivity contribution >= 4 is 6.41 Å². The van der Waals surface area contributed by atoms with Crippen LogP contribution in [0.15, 0.2) is 0 Å². The molecule has 1 saturated heterocycles. The first-order valence-corrected chi connectivity index (χ1v) is 4.52. The summed E-state index contributed by atoms with van der Waals surface area (Å²) in [6.07, 6.45) is 5.75. The Balaban J connectivity index is 2.46. The fraction of sp³-hybridized carbons (Fsp3) is 0.889. The first-order valence-electron chi connectivity index (χ1n) is 4.52. The van der Waals surface area contributed by atoms with Crippen LogP contribution in [0.4, 0.5) is 0 Å². The summed E-state index contributed by atoms with van der Waals surface area (Å²) in [4.78, 5) is 12.6. The molecule has 2 atom stereocenters. The van der Waals surface area contributed by atoms with Crippen LogP contribution in [0.2, 0.25) is 0 Å². The lowest BCUT2D eigenvalue weighted by atomic mass is 10.1. The van der Waals surface area contributed by atoms with Crippen molar-refractivity contribution in [3.8, 4) is 0 Å². The molecule has 1 heterocycles. The van der Waals surface area contributed by atoms with Gasteiger partial charge in [0.05, 0.1) is 0 Å². The van der Waals surface area contributed by atoms with Gasteiger partial charge < -0.3 is 4.90 Å². The van der Waals surface area contributed by atoms with Crippen molar-refractivity contribution < 1.29 is 4.79 Å². The van der Waals surface area contributed by atoms with Crippen LogP contribution in [0, 0.1) is 0 Å². The van der Waals surface area contributed by atoms with Crippen molar-refractivity contribution in [2.24, 2.45) is 0 Å². The lowest BCUT2D eigenvalue weighted by Gasteiger charge is -2.23. The zero-order valence-electron chi connectivity index (χ0n) is 7.42. The van der Waals surface area contributed by atoms with Crippen molar-refractivity contribution in [3.63, 3.8) is 0 Å². The average Bonchev–Trinajstić information content (AvgIpc) is 2.33. The van der Waals surface area contributed by atoms with Gasteiger partial charge in [-0.15, -0.1) is 0 Å². The van der Waals surface area contributed by atoms with E-state index in [1.807, 2.05) is 4.90 Å². The van der Waals surface area contributed by atoms with E-state index in [1.165, 1.54) is 25.7 Å². The number of nitrogens with zero attached hydrogens (tertiary/aromatic N) is 1. The molecule has 0 aromatic carbocycles. The highest BCUT2D eigenvalue weighted by molar-refractivity contribution is 5.49. The minimum atomic E-state index is 0.476. The first-order chi connectivity index (χ1) is 5.29. The standard InChI is InChI=1S/C9H17NO/c1-3-4-9-6-5-8(2)10(9)7-11/h7-9H,3-6H2,1-2H3. The SMILES string of the molecule is CCCC1CCC(C)N1C=O. The first kappa shape index (κ1) is 8.57. The van der Waals surface area contributed by atoms with E-state index >= 15 is 0 Å². The molecule has 11 heavy (non-hydrogen) atoms. The molecule has 0 aliphatic carbocycles. The van der Waals surface area contributed by atoms with Crippen LogP contribution in [0.1, 0.15) is 39.5 Å². The second kappa shape index (κ2) is 3.74. The molecule has 2 nitrogen and oxygen atoms in total. The molecule has 0 spiro atoms. The maximum atomic E-state index is 10.6. The third-order valence-corrected chi connectivity index (χ3v) is 2.59. The van der Waals surface area contributed by atoms with Gasteiger partial charge in [0.2, 0.25) is 6.41 Å². The van der Waals surface area contributed by atoms with Crippen LogP contribution in [0.5, 0.6) is 0 Å². The maximum absolute atomic E-state index is 10.6. The molecule has 1 aliphatic heterocycles. The zero-order valence-corrected chi connectivity index (χ0v) is 7.42. The highest BCUT2D eigenvalue weighted by atomic mass is 16.1. The van der Waals surface area contributed by atoms with Crippen LogP contribution in [-0.2, 0) is 4.79 Å². The molecule has 1 rings (SSSR count). The smallest absolute Gasteiger partial charge is 0.210 e. The van der Waals surface area contributed by atoms with Gasteiger partial charge in [-0.3, -0.25) is 4.79 Å². The molecule has 0 aromatic heterocycles. The van der Waals surface area contributed by atoms with Gasteiger partial charge in [-0.2, -0.15) is 0 Å². The van der Waals surface area contributed by atoms with Gasteiger partial charge in [0, 0.05) is 12.1 Å². The monoisotopic (exact) mass is 155 g/mol. The Morgan fingerprint density at radius 1 is 1.55 bits per heavy atom. The Labute approximate surface area is 68.6 Å². The quantitative estimate of drug-likeness (QED) is 0.569. The van der Waals surface area contributed by atoms with Crippen LogP contribution >= 0.6 is 0 Å². The second-order valence-electron chi connectivity index (χ2n) is 3.42. The van der Waals surface area contributed by atoms with Crippen molar-refractivity contribution in [3.05, 3.63) is 0 Å². The number of hydrogen-bond acceptors (Lipinski definition) is 1. The molecule has 64 valence electrons. The van der Waals surface area contributed by atoms with Crippen LogP contribution < -0.4 is 0 Å². The van der Waals surface area contributed by atoms with E-state index in [0.717, 1.165) is 6.41 Å². The number of amides is 1. The van der Waals surface area contributed by atoms with Gasteiger partial charge in [0.25, 0.3) is 0 Å². The summed E-state index contributed by atoms with van der Waals surface area (Å²) in [5.41, 5.74) is 0. The molecule has 0 aromatic rings. The third kappa shape index (κ3) is 1.73. The Morgan fingerprint density at radius 2 is 2.27 bits per heavy atom. The van der Waals surface area contributed by atoms with E-state index in [4.69, 9.17) is 0 Å². The highest BCUT2D eigenvalue weighted by Crippen LogP contribution is 2.24. The van der Waals surface area contributed by atoms with Gasteiger partial charge in [-0.05, 0) is 26.2 Å². The largest absolute Gasteiger partial charge is 0.340 e. The second-order valence-corrected chi connectivity index (χ2v) is 3.42. The van der Waals surface area contributed by atoms with Gasteiger partial charge >= 0.3 is 0 Å². The molecule has 1 amide bonds. The van der Waals surface area contributed by atoms with Crippen molar-refractivity contribution in [1.82, 2.24) is 4.90 Å². The summed E-state index contributed by atoms with van der Waals surface area (Å²) in [6, 6.07) is 1.01. The number of carbonyl (C=O) groups excluding carboxylic acids is 1. The van der Waals surface area contributed by atoms with Gasteiger partial charge in [-0.25, -0.2) is 0 Å². The lowest BCUT2D eigenvalue weighted by molar-refractivity contribution is -0.120. The number of carbonyl (C=O) groups is 1. The predicted molar refractivity (Wildman–Crippen MR) is 45.3 cm³/mol. The third-order valence-electron chi connectivity index (χ3n) is 2.59. The van der Waals surface area contributed by atoms with Crippen LogP contribution in [0.3, 0.4) is 0 Å². The summed E-state index contributed by atoms with van der Waals surface area (Å²) in [5, 5.41) is 0.